The molecule has 2 aromatic rings. The van der Waals surface area contributed by atoms with Crippen molar-refractivity contribution < 1.29 is 14.3 Å². The first kappa shape index (κ1) is 16.8. The van der Waals surface area contributed by atoms with Crippen LogP contribution >= 0.6 is 0 Å². The van der Waals surface area contributed by atoms with Crippen molar-refractivity contribution in [2.24, 2.45) is 0 Å². The Labute approximate surface area is 136 Å². The molecule has 122 valence electrons. The number of amides is 1. The predicted molar refractivity (Wildman–Crippen MR) is 88.7 cm³/mol. The highest BCUT2D eigenvalue weighted by molar-refractivity contribution is 5.75. The summed E-state index contributed by atoms with van der Waals surface area (Å²) in [5.41, 5.74) is 1.16. The number of benzene rings is 1. The van der Waals surface area contributed by atoms with Crippen molar-refractivity contribution in [3.63, 3.8) is 0 Å². The molecule has 23 heavy (non-hydrogen) atoms. The van der Waals surface area contributed by atoms with E-state index in [0.29, 0.717) is 19.6 Å². The summed E-state index contributed by atoms with van der Waals surface area (Å²) >= 11 is 0. The lowest BCUT2D eigenvalue weighted by Crippen LogP contribution is -2.27. The zero-order valence-electron chi connectivity index (χ0n) is 13.3. The monoisotopic (exact) mass is 314 g/mol. The first-order valence-electron chi connectivity index (χ1n) is 7.70. The van der Waals surface area contributed by atoms with Gasteiger partial charge < -0.3 is 14.8 Å². The second-order valence-corrected chi connectivity index (χ2v) is 5.09. The summed E-state index contributed by atoms with van der Waals surface area (Å²) in [5.74, 6) is 1.60. The van der Waals surface area contributed by atoms with Gasteiger partial charge in [-0.1, -0.05) is 6.07 Å². The first-order valence-corrected chi connectivity index (χ1v) is 7.70. The Morgan fingerprint density at radius 2 is 1.96 bits per heavy atom. The third kappa shape index (κ3) is 6.38. The minimum atomic E-state index is 0.0484. The molecule has 0 aliphatic heterocycles. The number of carbonyl (C=O) groups excluding carboxylic acids is 1. The van der Waals surface area contributed by atoms with Gasteiger partial charge in [-0.15, -0.1) is 0 Å². The molecular weight excluding hydrogens is 292 g/mol. The molecule has 0 bridgehead atoms. The van der Waals surface area contributed by atoms with Crippen molar-refractivity contribution in [1.82, 2.24) is 10.3 Å². The van der Waals surface area contributed by atoms with Crippen LogP contribution in [-0.4, -0.2) is 31.2 Å². The maximum absolute atomic E-state index is 11.7. The molecule has 1 heterocycles. The number of rotatable bonds is 9. The number of ether oxygens (including phenoxy) is 2. The minimum Gasteiger partial charge on any atom is -0.497 e. The van der Waals surface area contributed by atoms with Gasteiger partial charge in [0.15, 0.2) is 0 Å². The number of aryl methyl sites for hydroxylation is 1. The Hall–Kier alpha value is -2.56. The fourth-order valence-electron chi connectivity index (χ4n) is 2.12. The molecule has 1 N–H and O–H groups in total. The van der Waals surface area contributed by atoms with Gasteiger partial charge in [0, 0.05) is 18.8 Å². The summed E-state index contributed by atoms with van der Waals surface area (Å²) in [6.45, 7) is 0.943. The van der Waals surface area contributed by atoms with Crippen molar-refractivity contribution >= 4 is 5.91 Å². The van der Waals surface area contributed by atoms with Gasteiger partial charge in [0.05, 0.1) is 13.7 Å². The van der Waals surface area contributed by atoms with Crippen LogP contribution in [0.4, 0.5) is 0 Å². The summed E-state index contributed by atoms with van der Waals surface area (Å²) in [5, 5.41) is 2.86. The lowest BCUT2D eigenvalue weighted by molar-refractivity contribution is -0.121. The number of nitrogens with one attached hydrogen (secondary N) is 1. The Morgan fingerprint density at radius 3 is 2.65 bits per heavy atom. The smallest absolute Gasteiger partial charge is 0.220 e. The fraction of sp³-hybridized carbons (Fsp3) is 0.333. The molecule has 0 spiro atoms. The van der Waals surface area contributed by atoms with E-state index >= 15 is 0 Å². The molecule has 0 saturated heterocycles. The van der Waals surface area contributed by atoms with Gasteiger partial charge in [0.1, 0.15) is 18.1 Å². The minimum absolute atomic E-state index is 0.0484. The highest BCUT2D eigenvalue weighted by Gasteiger charge is 2.02. The zero-order chi connectivity index (χ0) is 16.3. The average molecular weight is 314 g/mol. The van der Waals surface area contributed by atoms with Gasteiger partial charge in [0.2, 0.25) is 5.91 Å². The highest BCUT2D eigenvalue weighted by atomic mass is 16.5. The van der Waals surface area contributed by atoms with E-state index in [-0.39, 0.29) is 5.91 Å². The van der Waals surface area contributed by atoms with Crippen molar-refractivity contribution in [1.29, 1.82) is 0 Å². The van der Waals surface area contributed by atoms with Crippen molar-refractivity contribution in [2.45, 2.75) is 19.3 Å². The summed E-state index contributed by atoms with van der Waals surface area (Å²) in [4.78, 5) is 15.8. The number of carbonyl (C=O) groups is 1. The summed E-state index contributed by atoms with van der Waals surface area (Å²) < 4.78 is 10.6. The van der Waals surface area contributed by atoms with Crippen LogP contribution < -0.4 is 14.8 Å². The molecule has 0 aliphatic rings. The maximum Gasteiger partial charge on any atom is 0.220 e. The second kappa shape index (κ2) is 9.46. The topological polar surface area (TPSA) is 60.5 Å². The quantitative estimate of drug-likeness (QED) is 0.723. The molecule has 0 saturated carbocycles. The molecule has 0 fully saturated rings. The van der Waals surface area contributed by atoms with E-state index in [4.69, 9.17) is 9.47 Å². The largest absolute Gasteiger partial charge is 0.497 e. The zero-order valence-corrected chi connectivity index (χ0v) is 13.3. The number of methoxy groups -OCH3 is 1. The van der Waals surface area contributed by atoms with Crippen LogP contribution in [0.5, 0.6) is 11.5 Å². The van der Waals surface area contributed by atoms with Crippen molar-refractivity contribution in [3.05, 3.63) is 54.4 Å². The Kier molecular flexibility index (Phi) is 6.91. The number of hydrogen-bond donors (Lipinski definition) is 1. The Bertz CT molecular complexity index is 585. The molecule has 0 atom stereocenters. The lowest BCUT2D eigenvalue weighted by Gasteiger charge is -2.08. The SMILES string of the molecule is COc1ccc(OCCNC(=O)CCCc2cccnc2)cc1. The van der Waals surface area contributed by atoms with Gasteiger partial charge in [0.25, 0.3) is 0 Å². The van der Waals surface area contributed by atoms with Crippen LogP contribution in [0.2, 0.25) is 0 Å². The van der Waals surface area contributed by atoms with E-state index in [1.165, 1.54) is 0 Å². The van der Waals surface area contributed by atoms with E-state index in [2.05, 4.69) is 10.3 Å². The summed E-state index contributed by atoms with van der Waals surface area (Å²) in [7, 11) is 1.62. The fourth-order valence-corrected chi connectivity index (χ4v) is 2.12. The van der Waals surface area contributed by atoms with Crippen molar-refractivity contribution in [2.75, 3.05) is 20.3 Å². The first-order chi connectivity index (χ1) is 11.3. The highest BCUT2D eigenvalue weighted by Crippen LogP contribution is 2.16. The normalized spacial score (nSPS) is 10.1. The predicted octanol–water partition coefficient (Wildman–Crippen LogP) is 2.61. The molecular formula is C18H22N2O3. The molecule has 5 heteroatoms. The Morgan fingerprint density at radius 1 is 1.17 bits per heavy atom. The molecule has 0 radical (unpaired) electrons. The maximum atomic E-state index is 11.7. The van der Waals surface area contributed by atoms with Gasteiger partial charge >= 0.3 is 0 Å². The molecule has 5 nitrogen and oxygen atoms in total. The number of hydrogen-bond acceptors (Lipinski definition) is 4. The van der Waals surface area contributed by atoms with Crippen LogP contribution in [0.3, 0.4) is 0 Å². The molecule has 0 unspecified atom stereocenters. The van der Waals surface area contributed by atoms with E-state index in [1.807, 2.05) is 42.6 Å². The van der Waals surface area contributed by atoms with Gasteiger partial charge in [-0.3, -0.25) is 9.78 Å². The van der Waals surface area contributed by atoms with E-state index in [1.54, 1.807) is 13.3 Å². The molecule has 0 aliphatic carbocycles. The van der Waals surface area contributed by atoms with Gasteiger partial charge in [-0.25, -0.2) is 0 Å². The third-order valence-electron chi connectivity index (χ3n) is 3.34. The molecule has 1 aromatic carbocycles. The number of aromatic nitrogens is 1. The van der Waals surface area contributed by atoms with Gasteiger partial charge in [-0.2, -0.15) is 0 Å². The molecule has 2 rings (SSSR count). The third-order valence-corrected chi connectivity index (χ3v) is 3.34. The van der Waals surface area contributed by atoms with Crippen LogP contribution in [0.15, 0.2) is 48.8 Å². The van der Waals surface area contributed by atoms with Crippen LogP contribution in [-0.2, 0) is 11.2 Å². The standard InChI is InChI=1S/C18H22N2O3/c1-22-16-7-9-17(10-8-16)23-13-12-20-18(21)6-2-4-15-5-3-11-19-14-15/h3,5,7-11,14H,2,4,6,12-13H2,1H3,(H,20,21). The van der Waals surface area contributed by atoms with Crippen LogP contribution in [0.1, 0.15) is 18.4 Å². The average Bonchev–Trinajstić information content (AvgIpc) is 2.60. The number of pyridine rings is 1. The summed E-state index contributed by atoms with van der Waals surface area (Å²) in [6, 6.07) is 11.3. The summed E-state index contributed by atoms with van der Waals surface area (Å²) in [6.07, 6.45) is 5.78. The van der Waals surface area contributed by atoms with Crippen LogP contribution in [0, 0.1) is 0 Å². The molecule has 1 aromatic heterocycles. The lowest BCUT2D eigenvalue weighted by atomic mass is 10.1. The van der Waals surface area contributed by atoms with Crippen molar-refractivity contribution in [3.8, 4) is 11.5 Å². The number of nitrogens with zero attached hydrogens (tertiary/aromatic N) is 1. The van der Waals surface area contributed by atoms with E-state index in [9.17, 15) is 4.79 Å². The second-order valence-electron chi connectivity index (χ2n) is 5.09. The van der Waals surface area contributed by atoms with Gasteiger partial charge in [-0.05, 0) is 48.7 Å². The Balaban J connectivity index is 1.55. The van der Waals surface area contributed by atoms with E-state index in [0.717, 1.165) is 29.9 Å². The van der Waals surface area contributed by atoms with Crippen LogP contribution in [0.25, 0.3) is 0 Å². The van der Waals surface area contributed by atoms with E-state index < -0.39 is 0 Å². The molecule has 1 amide bonds.